The molecule has 0 saturated heterocycles. The lowest BCUT2D eigenvalue weighted by Crippen LogP contribution is -2.51. The molecule has 0 aliphatic heterocycles. The van der Waals surface area contributed by atoms with Crippen LogP contribution < -0.4 is 0 Å². The summed E-state index contributed by atoms with van der Waals surface area (Å²) in [7, 11) is -2.69. The summed E-state index contributed by atoms with van der Waals surface area (Å²) in [4.78, 5) is 20.0. The van der Waals surface area contributed by atoms with E-state index in [1.807, 2.05) is 0 Å². The third-order valence-corrected chi connectivity index (χ3v) is 6.97. The highest BCUT2D eigenvalue weighted by Crippen LogP contribution is 2.45. The largest absolute Gasteiger partial charge is 0.472 e. The van der Waals surface area contributed by atoms with Crippen molar-refractivity contribution in [3.8, 4) is 0 Å². The van der Waals surface area contributed by atoms with Crippen LogP contribution in [0, 0.1) is 0 Å². The number of methoxy groups -OCH3 is 2. The van der Waals surface area contributed by atoms with Crippen LogP contribution >= 0.6 is 7.60 Å². The molecular formula is C24H49O9P. The number of unbranched alkanes of at least 4 members (excludes halogenated alkanes) is 15. The molecule has 10 heteroatoms. The average molecular weight is 513 g/mol. The normalized spacial score (nSPS) is 14.7. The highest BCUT2D eigenvalue weighted by molar-refractivity contribution is 7.70. The standard InChI is InChI=1S/C24H49O9P/c1-4-5-6-7-8-9-10-11-12-13-14-15-16-17-18-19-20-32-21-24(30-2,31-3)22(25)33-34(28,29)23(26)27/h22,25H,4-21H2,1-3H3,(H,26,27)(H,28,29). The lowest BCUT2D eigenvalue weighted by atomic mass is 10.0. The molecule has 2 atom stereocenters. The minimum Gasteiger partial charge on any atom is -0.472 e. The maximum atomic E-state index is 11.5. The van der Waals surface area contributed by atoms with Crippen molar-refractivity contribution >= 4 is 13.3 Å². The third kappa shape index (κ3) is 15.5. The molecule has 0 saturated carbocycles. The zero-order valence-corrected chi connectivity index (χ0v) is 22.4. The molecule has 0 aromatic rings. The Kier molecular flexibility index (Phi) is 20.3. The number of carbonyl (C=O) groups is 1. The Hall–Kier alpha value is -0.540. The second kappa shape index (κ2) is 20.6. The van der Waals surface area contributed by atoms with Crippen LogP contribution in [0.25, 0.3) is 0 Å². The fraction of sp³-hybridized carbons (Fsp3) is 0.958. The molecule has 0 aromatic heterocycles. The van der Waals surface area contributed by atoms with Gasteiger partial charge in [0.2, 0.25) is 12.1 Å². The van der Waals surface area contributed by atoms with Crippen LogP contribution in [0.4, 0.5) is 4.79 Å². The summed E-state index contributed by atoms with van der Waals surface area (Å²) in [5.41, 5.74) is -2.08. The molecule has 0 aromatic carbocycles. The maximum absolute atomic E-state index is 11.5. The van der Waals surface area contributed by atoms with Gasteiger partial charge in [-0.25, -0.2) is 9.36 Å². The van der Waals surface area contributed by atoms with Gasteiger partial charge in [-0.2, -0.15) is 0 Å². The number of rotatable bonds is 25. The Morgan fingerprint density at radius 3 is 1.53 bits per heavy atom. The van der Waals surface area contributed by atoms with Crippen molar-refractivity contribution in [2.24, 2.45) is 0 Å². The quantitative estimate of drug-likeness (QED) is 0.0717. The van der Waals surface area contributed by atoms with Crippen molar-refractivity contribution in [1.29, 1.82) is 0 Å². The van der Waals surface area contributed by atoms with E-state index in [4.69, 9.17) is 19.3 Å². The van der Waals surface area contributed by atoms with E-state index in [0.29, 0.717) is 6.61 Å². The molecule has 204 valence electrons. The second-order valence-corrected chi connectivity index (χ2v) is 10.5. The molecule has 0 rings (SSSR count). The van der Waals surface area contributed by atoms with Gasteiger partial charge in [0.25, 0.3) is 0 Å². The Labute approximate surface area is 206 Å². The predicted molar refractivity (Wildman–Crippen MR) is 132 cm³/mol. The van der Waals surface area contributed by atoms with Gasteiger partial charge in [-0.1, -0.05) is 103 Å². The molecule has 0 spiro atoms. The molecule has 34 heavy (non-hydrogen) atoms. The van der Waals surface area contributed by atoms with Crippen LogP contribution in [0.2, 0.25) is 0 Å². The zero-order valence-electron chi connectivity index (χ0n) is 21.5. The Morgan fingerprint density at radius 1 is 0.794 bits per heavy atom. The van der Waals surface area contributed by atoms with Crippen LogP contribution in [0.15, 0.2) is 0 Å². The Balaban J connectivity index is 3.74. The van der Waals surface area contributed by atoms with E-state index in [-0.39, 0.29) is 6.61 Å². The van der Waals surface area contributed by atoms with E-state index in [1.165, 1.54) is 97.7 Å². The number of hydrogen-bond acceptors (Lipinski definition) is 7. The van der Waals surface area contributed by atoms with Gasteiger partial charge in [-0.3, -0.25) is 4.52 Å². The molecule has 0 heterocycles. The molecular weight excluding hydrogens is 463 g/mol. The van der Waals surface area contributed by atoms with Crippen molar-refractivity contribution in [1.82, 2.24) is 0 Å². The van der Waals surface area contributed by atoms with Gasteiger partial charge >= 0.3 is 13.3 Å². The molecule has 0 aliphatic carbocycles. The van der Waals surface area contributed by atoms with Gasteiger partial charge in [0, 0.05) is 20.8 Å². The minimum atomic E-state index is -5.07. The van der Waals surface area contributed by atoms with Crippen LogP contribution in [0.5, 0.6) is 0 Å². The van der Waals surface area contributed by atoms with Gasteiger partial charge in [0.1, 0.15) is 6.61 Å². The monoisotopic (exact) mass is 512 g/mol. The first-order valence-electron chi connectivity index (χ1n) is 12.9. The molecule has 0 amide bonds. The summed E-state index contributed by atoms with van der Waals surface area (Å²) in [5, 5.41) is 18.7. The van der Waals surface area contributed by atoms with Crippen molar-refractivity contribution in [3.05, 3.63) is 0 Å². The fourth-order valence-corrected chi connectivity index (χ4v) is 4.22. The topological polar surface area (TPSA) is 132 Å². The van der Waals surface area contributed by atoms with Crippen molar-refractivity contribution < 1.29 is 43.2 Å². The van der Waals surface area contributed by atoms with E-state index >= 15 is 0 Å². The lowest BCUT2D eigenvalue weighted by molar-refractivity contribution is -0.321. The van der Waals surface area contributed by atoms with Gasteiger partial charge in [0.15, 0.2) is 0 Å². The summed E-state index contributed by atoms with van der Waals surface area (Å²) in [5.74, 6) is -1.91. The zero-order chi connectivity index (χ0) is 25.7. The molecule has 0 bridgehead atoms. The van der Waals surface area contributed by atoms with E-state index in [1.54, 1.807) is 0 Å². The summed E-state index contributed by atoms with van der Waals surface area (Å²) in [6.07, 6.45) is 18.2. The van der Waals surface area contributed by atoms with E-state index in [9.17, 15) is 19.4 Å². The smallest absolute Gasteiger partial charge is 0.438 e. The van der Waals surface area contributed by atoms with Gasteiger partial charge in [-0.15, -0.1) is 0 Å². The van der Waals surface area contributed by atoms with E-state index in [2.05, 4.69) is 11.4 Å². The lowest BCUT2D eigenvalue weighted by Gasteiger charge is -2.34. The fourth-order valence-electron chi connectivity index (χ4n) is 3.70. The summed E-state index contributed by atoms with van der Waals surface area (Å²) in [6.45, 7) is 2.35. The summed E-state index contributed by atoms with van der Waals surface area (Å²) < 4.78 is 31.4. The SMILES string of the molecule is CCCCCCCCCCCCCCCCCCOCC(OC)(OC)C(O)OP(=O)(O)C(=O)O. The number of hydrogen-bond donors (Lipinski definition) is 3. The highest BCUT2D eigenvalue weighted by Gasteiger charge is 2.46. The minimum absolute atomic E-state index is 0.292. The first kappa shape index (κ1) is 33.5. The Bertz CT molecular complexity index is 541. The van der Waals surface area contributed by atoms with Crippen LogP contribution in [0.1, 0.15) is 110 Å². The van der Waals surface area contributed by atoms with Crippen molar-refractivity contribution in [3.63, 3.8) is 0 Å². The highest BCUT2D eigenvalue weighted by atomic mass is 31.2. The van der Waals surface area contributed by atoms with E-state index < -0.39 is 25.4 Å². The maximum Gasteiger partial charge on any atom is 0.438 e. The molecule has 0 fully saturated rings. The van der Waals surface area contributed by atoms with Gasteiger partial charge in [-0.05, 0) is 6.42 Å². The predicted octanol–water partition coefficient (Wildman–Crippen LogP) is 6.45. The molecule has 9 nitrogen and oxygen atoms in total. The first-order valence-corrected chi connectivity index (χ1v) is 14.4. The van der Waals surface area contributed by atoms with Crippen molar-refractivity contribution in [2.45, 2.75) is 122 Å². The van der Waals surface area contributed by atoms with E-state index in [0.717, 1.165) is 19.3 Å². The summed E-state index contributed by atoms with van der Waals surface area (Å²) in [6, 6.07) is 0. The molecule has 2 unspecified atom stereocenters. The van der Waals surface area contributed by atoms with Gasteiger partial charge < -0.3 is 29.3 Å². The van der Waals surface area contributed by atoms with Crippen LogP contribution in [0.3, 0.4) is 0 Å². The third-order valence-electron chi connectivity index (χ3n) is 6.00. The first-order chi connectivity index (χ1) is 16.3. The molecule has 3 N–H and O–H groups in total. The van der Waals surface area contributed by atoms with Crippen LogP contribution in [-0.2, 0) is 23.3 Å². The summed E-state index contributed by atoms with van der Waals surface area (Å²) >= 11 is 0. The number of aliphatic hydroxyl groups excluding tert-OH is 1. The average Bonchev–Trinajstić information content (AvgIpc) is 2.80. The van der Waals surface area contributed by atoms with Crippen LogP contribution in [-0.4, -0.2) is 60.3 Å². The second-order valence-electron chi connectivity index (χ2n) is 8.84. The van der Waals surface area contributed by atoms with Gasteiger partial charge in [0.05, 0.1) is 0 Å². The molecule has 0 aliphatic rings. The Morgan fingerprint density at radius 2 is 1.18 bits per heavy atom. The molecule has 0 radical (unpaired) electrons. The number of aliphatic hydroxyl groups is 1. The number of carboxylic acid groups (broad SMARTS) is 1. The van der Waals surface area contributed by atoms with Crippen molar-refractivity contribution in [2.75, 3.05) is 27.4 Å². The number of ether oxygens (including phenoxy) is 3.